The molecule has 2 heterocycles. The lowest BCUT2D eigenvalue weighted by molar-refractivity contribution is -0.133. The summed E-state index contributed by atoms with van der Waals surface area (Å²) in [5.41, 5.74) is 2.20. The number of nitrogens with zero attached hydrogens (tertiary/aromatic N) is 2. The number of carbonyl (C=O) groups is 3. The molecule has 5 rings (SSSR count). The third-order valence-electron chi connectivity index (χ3n) is 5.99. The van der Waals surface area contributed by atoms with Gasteiger partial charge in [-0.2, -0.15) is 0 Å². The molecular weight excluding hydrogens is 420 g/mol. The molecule has 0 radical (unpaired) electrons. The van der Waals surface area contributed by atoms with Crippen molar-refractivity contribution < 1.29 is 34.8 Å². The number of ketones is 2. The van der Waals surface area contributed by atoms with Gasteiger partial charge >= 0.3 is 0 Å². The van der Waals surface area contributed by atoms with Crippen LogP contribution in [0.25, 0.3) is 0 Å². The molecule has 1 amide bonds. The van der Waals surface area contributed by atoms with Crippen molar-refractivity contribution in [3.8, 4) is 5.75 Å². The van der Waals surface area contributed by atoms with Gasteiger partial charge < -0.3 is 14.4 Å². The molecule has 33 heavy (non-hydrogen) atoms. The van der Waals surface area contributed by atoms with Crippen LogP contribution in [-0.2, 0) is 34.0 Å². The number of rotatable bonds is 6. The van der Waals surface area contributed by atoms with Gasteiger partial charge in [0.25, 0.3) is 5.91 Å². The van der Waals surface area contributed by atoms with Crippen molar-refractivity contribution in [2.75, 3.05) is 26.1 Å². The number of benzene rings is 2. The Labute approximate surface area is 204 Å². The smallest absolute Gasteiger partial charge is 0.255 e. The van der Waals surface area contributed by atoms with Crippen LogP contribution in [0.15, 0.2) is 42.5 Å². The Kier molecular flexibility index (Phi) is 4.09. The number of morpholine rings is 1. The molecule has 0 spiro atoms. The van der Waals surface area contributed by atoms with Crippen molar-refractivity contribution in [2.45, 2.75) is 45.0 Å². The minimum Gasteiger partial charge on any atom is -0.489 e. The summed E-state index contributed by atoms with van der Waals surface area (Å²) in [6, 6.07) is 11.0. The molecule has 7 nitrogen and oxygen atoms in total. The normalized spacial score (nSPS) is 31.1. The van der Waals surface area contributed by atoms with Crippen LogP contribution in [0.1, 0.15) is 57.3 Å². The number of Topliss-reactive ketones (excluding diaryl/α,β-unsaturated/α-hetero) is 2. The average Bonchev–Trinajstić information content (AvgIpc) is 3.21. The fourth-order valence-electron chi connectivity index (χ4n) is 4.27. The molecule has 2 aromatic rings. The highest BCUT2D eigenvalue weighted by atomic mass is 16.5. The number of ether oxygens (including phenoxy) is 2. The molecule has 2 aliphatic heterocycles. The van der Waals surface area contributed by atoms with E-state index in [1.807, 2.05) is 0 Å². The molecule has 1 unspecified atom stereocenters. The van der Waals surface area contributed by atoms with Gasteiger partial charge in [0.2, 0.25) is 0 Å². The number of amides is 1. The molecule has 7 heteroatoms. The third-order valence-corrected chi connectivity index (χ3v) is 5.99. The molecule has 2 aromatic carbocycles. The van der Waals surface area contributed by atoms with Crippen LogP contribution >= 0.6 is 0 Å². The van der Waals surface area contributed by atoms with Crippen LogP contribution in [0.2, 0.25) is 0 Å². The quantitative estimate of drug-likeness (QED) is 0.622. The van der Waals surface area contributed by atoms with Crippen LogP contribution in [-0.4, -0.2) is 59.4 Å². The first-order valence-corrected chi connectivity index (χ1v) is 10.7. The molecule has 172 valence electrons. The Morgan fingerprint density at radius 2 is 1.79 bits per heavy atom. The lowest BCUT2D eigenvalue weighted by Gasteiger charge is -2.29. The summed E-state index contributed by atoms with van der Waals surface area (Å²) in [5, 5.41) is 0. The first kappa shape index (κ1) is 14.3. The van der Waals surface area contributed by atoms with Gasteiger partial charge in [0.15, 0.2) is 5.78 Å². The van der Waals surface area contributed by atoms with E-state index in [9.17, 15) is 14.4 Å². The first-order chi connectivity index (χ1) is 19.0. The second-order valence-corrected chi connectivity index (χ2v) is 8.17. The number of carbonyl (C=O) groups excluding carboxylic acids is 3. The van der Waals surface area contributed by atoms with Gasteiger partial charge in [-0.05, 0) is 29.7 Å². The van der Waals surface area contributed by atoms with Crippen LogP contribution in [0.5, 0.6) is 5.75 Å². The zero-order chi connectivity index (χ0) is 30.0. The molecular formula is C26H28N2O5. The Morgan fingerprint density at radius 1 is 1.03 bits per heavy atom. The molecule has 0 N–H and O–H groups in total. The minimum absolute atomic E-state index is 0.103. The van der Waals surface area contributed by atoms with E-state index in [0.29, 0.717) is 39.3 Å². The SMILES string of the molecule is [2H]C1([2H])OC([2H])([2H])C([2H])([2H])N(Cc2ccc(COc3cccc4c3CN(C3CCC(=O)CC3=O)C4=O)cc2)C1([2H])[2H]. The summed E-state index contributed by atoms with van der Waals surface area (Å²) >= 11 is 0. The van der Waals surface area contributed by atoms with Gasteiger partial charge in [-0.1, -0.05) is 30.3 Å². The Bertz CT molecular complexity index is 1370. The second kappa shape index (κ2) is 9.45. The van der Waals surface area contributed by atoms with Gasteiger partial charge in [0.1, 0.15) is 18.1 Å². The maximum absolute atomic E-state index is 13.0. The van der Waals surface area contributed by atoms with Gasteiger partial charge in [0, 0.05) is 42.6 Å². The summed E-state index contributed by atoms with van der Waals surface area (Å²) in [6.45, 7) is -12.3. The van der Waals surface area contributed by atoms with E-state index in [0.717, 1.165) is 0 Å². The van der Waals surface area contributed by atoms with Crippen LogP contribution < -0.4 is 4.74 Å². The third kappa shape index (κ3) is 4.70. The van der Waals surface area contributed by atoms with Crippen LogP contribution in [0, 0.1) is 0 Å². The number of fused-ring (bicyclic) bond motifs is 1. The first-order valence-electron chi connectivity index (χ1n) is 14.7. The van der Waals surface area contributed by atoms with Gasteiger partial charge in [-0.25, -0.2) is 0 Å². The average molecular weight is 457 g/mol. The van der Waals surface area contributed by atoms with Crippen molar-refractivity contribution in [3.05, 3.63) is 64.7 Å². The summed E-state index contributed by atoms with van der Waals surface area (Å²) < 4.78 is 74.5. The largest absolute Gasteiger partial charge is 0.489 e. The van der Waals surface area contributed by atoms with Crippen LogP contribution in [0.3, 0.4) is 0 Å². The highest BCUT2D eigenvalue weighted by Crippen LogP contribution is 2.34. The van der Waals surface area contributed by atoms with Crippen molar-refractivity contribution in [1.29, 1.82) is 0 Å². The van der Waals surface area contributed by atoms with E-state index in [1.165, 1.54) is 4.90 Å². The van der Waals surface area contributed by atoms with Gasteiger partial charge in [-0.3, -0.25) is 19.3 Å². The molecule has 1 atom stereocenters. The number of hydrogen-bond acceptors (Lipinski definition) is 6. The molecule has 1 saturated heterocycles. The Hall–Kier alpha value is -3.03. The summed E-state index contributed by atoms with van der Waals surface area (Å²) in [7, 11) is 0. The van der Waals surface area contributed by atoms with Gasteiger partial charge in [0.05, 0.1) is 37.6 Å². The fraction of sp³-hybridized carbons (Fsp3) is 0.423. The number of hydrogen-bond donors (Lipinski definition) is 0. The predicted molar refractivity (Wildman–Crippen MR) is 121 cm³/mol. The fourth-order valence-corrected chi connectivity index (χ4v) is 4.27. The lowest BCUT2D eigenvalue weighted by atomic mass is 9.92. The molecule has 0 aromatic heterocycles. The van der Waals surface area contributed by atoms with Crippen molar-refractivity contribution in [1.82, 2.24) is 9.80 Å². The van der Waals surface area contributed by atoms with E-state index in [2.05, 4.69) is 4.74 Å². The molecule has 0 bridgehead atoms. The summed E-state index contributed by atoms with van der Waals surface area (Å²) in [6.07, 6.45) is 0.407. The maximum atomic E-state index is 13.0. The Morgan fingerprint density at radius 3 is 2.55 bits per heavy atom. The van der Waals surface area contributed by atoms with E-state index < -0.39 is 38.7 Å². The molecule has 1 saturated carbocycles. The molecule has 1 aliphatic carbocycles. The van der Waals surface area contributed by atoms with Crippen molar-refractivity contribution in [3.63, 3.8) is 0 Å². The maximum Gasteiger partial charge on any atom is 0.255 e. The standard InChI is InChI=1S/C26H28N2O5/c29-20-8-9-23(24(30)14-20)28-16-22-21(26(28)31)2-1-3-25(22)33-17-19-6-4-18(5-7-19)15-27-10-12-32-13-11-27/h1-7,23H,8-17H2/i10D2,11D2,12D2,13D2. The summed E-state index contributed by atoms with van der Waals surface area (Å²) in [4.78, 5) is 39.1. The van der Waals surface area contributed by atoms with E-state index in [-0.39, 0.29) is 43.5 Å². The highest BCUT2D eigenvalue weighted by molar-refractivity contribution is 6.07. The zero-order valence-electron chi connectivity index (χ0n) is 25.8. The highest BCUT2D eigenvalue weighted by Gasteiger charge is 2.39. The second-order valence-electron chi connectivity index (χ2n) is 8.17. The van der Waals surface area contributed by atoms with E-state index in [4.69, 9.17) is 15.7 Å². The van der Waals surface area contributed by atoms with Gasteiger partial charge in [-0.15, -0.1) is 0 Å². The monoisotopic (exact) mass is 456 g/mol. The summed E-state index contributed by atoms with van der Waals surface area (Å²) in [5.74, 6) is -0.176. The van der Waals surface area contributed by atoms with E-state index >= 15 is 0 Å². The predicted octanol–water partition coefficient (Wildman–Crippen LogP) is 2.74. The zero-order valence-corrected chi connectivity index (χ0v) is 17.8. The van der Waals surface area contributed by atoms with E-state index in [1.54, 1.807) is 42.5 Å². The lowest BCUT2D eigenvalue weighted by Crippen LogP contribution is -2.44. The van der Waals surface area contributed by atoms with Crippen LogP contribution in [0.4, 0.5) is 0 Å². The topological polar surface area (TPSA) is 76.2 Å². The van der Waals surface area contributed by atoms with Crippen molar-refractivity contribution >= 4 is 17.5 Å². The minimum atomic E-state index is -3.11. The van der Waals surface area contributed by atoms with Crippen molar-refractivity contribution in [2.24, 2.45) is 0 Å². The molecule has 3 aliphatic rings. The Balaban J connectivity index is 1.28. The molecule has 2 fully saturated rings.